The van der Waals surface area contributed by atoms with Crippen LogP contribution in [-0.4, -0.2) is 58.3 Å². The highest BCUT2D eigenvalue weighted by Gasteiger charge is 2.39. The summed E-state index contributed by atoms with van der Waals surface area (Å²) in [5.41, 5.74) is 1.01. The molecular formula is C26H39N3O3S. The number of carboxylic acids is 1. The van der Waals surface area contributed by atoms with Crippen molar-refractivity contribution in [3.63, 3.8) is 0 Å². The molecule has 3 aliphatic rings. The molecule has 1 aromatic heterocycles. The number of nitrogens with zero attached hydrogens (tertiary/aromatic N) is 2. The minimum atomic E-state index is -0.795. The predicted octanol–water partition coefficient (Wildman–Crippen LogP) is 4.86. The number of hydrogen-bond acceptors (Lipinski definition) is 5. The van der Waals surface area contributed by atoms with E-state index in [1.165, 1.54) is 32.1 Å². The van der Waals surface area contributed by atoms with E-state index >= 15 is 0 Å². The summed E-state index contributed by atoms with van der Waals surface area (Å²) in [5, 5.41) is 13.8. The minimum absolute atomic E-state index is 0.0635. The summed E-state index contributed by atoms with van der Waals surface area (Å²) in [4.78, 5) is 32.8. The Morgan fingerprint density at radius 3 is 2.61 bits per heavy atom. The number of thioether (sulfide) groups is 1. The van der Waals surface area contributed by atoms with Crippen molar-refractivity contribution >= 4 is 23.6 Å². The zero-order valence-electron chi connectivity index (χ0n) is 20.0. The second-order valence-electron chi connectivity index (χ2n) is 10.2. The van der Waals surface area contributed by atoms with Crippen LogP contribution in [0.25, 0.3) is 0 Å². The van der Waals surface area contributed by atoms with Gasteiger partial charge in [-0.1, -0.05) is 26.2 Å². The van der Waals surface area contributed by atoms with Gasteiger partial charge in [0.05, 0.1) is 12.0 Å². The van der Waals surface area contributed by atoms with Crippen molar-refractivity contribution in [2.75, 3.05) is 25.4 Å². The van der Waals surface area contributed by atoms with Gasteiger partial charge in [0.15, 0.2) is 0 Å². The van der Waals surface area contributed by atoms with Crippen molar-refractivity contribution in [3.8, 4) is 0 Å². The predicted molar refractivity (Wildman–Crippen MR) is 132 cm³/mol. The molecule has 1 saturated heterocycles. The largest absolute Gasteiger partial charge is 0.481 e. The van der Waals surface area contributed by atoms with E-state index in [0.717, 1.165) is 61.7 Å². The molecule has 182 valence electrons. The molecule has 2 heterocycles. The first-order valence-electron chi connectivity index (χ1n) is 12.9. The van der Waals surface area contributed by atoms with Crippen molar-refractivity contribution in [2.45, 2.75) is 94.0 Å². The van der Waals surface area contributed by atoms with Gasteiger partial charge < -0.3 is 15.3 Å². The molecule has 2 N–H and O–H groups in total. The number of carboxylic acid groups (broad SMARTS) is 1. The maximum absolute atomic E-state index is 13.9. The normalized spacial score (nSPS) is 23.9. The van der Waals surface area contributed by atoms with Crippen LogP contribution in [0.2, 0.25) is 0 Å². The number of carbonyl (C=O) groups is 2. The molecule has 1 amide bonds. The van der Waals surface area contributed by atoms with E-state index < -0.39 is 11.4 Å². The number of aliphatic carboxylic acids is 1. The zero-order chi connectivity index (χ0) is 23.3. The summed E-state index contributed by atoms with van der Waals surface area (Å²) in [7, 11) is 0. The van der Waals surface area contributed by atoms with Gasteiger partial charge in [-0.15, -0.1) is 11.8 Å². The molecule has 0 bridgehead atoms. The van der Waals surface area contributed by atoms with Crippen LogP contribution in [0, 0.1) is 5.92 Å². The molecule has 0 aromatic carbocycles. The van der Waals surface area contributed by atoms with E-state index in [1.807, 2.05) is 12.1 Å². The average Bonchev–Trinajstić information content (AvgIpc) is 3.65. The summed E-state index contributed by atoms with van der Waals surface area (Å²) in [5.74, 6) is 0.881. The molecule has 3 fully saturated rings. The van der Waals surface area contributed by atoms with Gasteiger partial charge in [0.25, 0.3) is 5.91 Å². The van der Waals surface area contributed by atoms with Gasteiger partial charge in [-0.2, -0.15) is 0 Å². The van der Waals surface area contributed by atoms with Gasteiger partial charge in [-0.3, -0.25) is 9.59 Å². The van der Waals surface area contributed by atoms with Crippen molar-refractivity contribution in [2.24, 2.45) is 5.92 Å². The maximum Gasteiger partial charge on any atom is 0.304 e. The third-order valence-electron chi connectivity index (χ3n) is 7.47. The van der Waals surface area contributed by atoms with Gasteiger partial charge in [-0.25, -0.2) is 4.98 Å². The van der Waals surface area contributed by atoms with E-state index in [1.54, 1.807) is 11.8 Å². The molecule has 2 saturated carbocycles. The zero-order valence-corrected chi connectivity index (χ0v) is 20.8. The number of rotatable bonds is 10. The van der Waals surface area contributed by atoms with Crippen LogP contribution in [0.5, 0.6) is 0 Å². The van der Waals surface area contributed by atoms with Gasteiger partial charge in [0, 0.05) is 30.2 Å². The first kappa shape index (κ1) is 24.5. The Bertz CT molecular complexity index is 830. The van der Waals surface area contributed by atoms with Crippen LogP contribution < -0.4 is 5.32 Å². The van der Waals surface area contributed by atoms with Gasteiger partial charge in [0.2, 0.25) is 0 Å². The van der Waals surface area contributed by atoms with Crippen LogP contribution in [-0.2, 0) is 10.2 Å². The first-order chi connectivity index (χ1) is 16.0. The Kier molecular flexibility index (Phi) is 8.34. The maximum atomic E-state index is 13.9. The van der Waals surface area contributed by atoms with Crippen LogP contribution in [0.3, 0.4) is 0 Å². The Balaban J connectivity index is 1.66. The lowest BCUT2D eigenvalue weighted by Crippen LogP contribution is -2.45. The van der Waals surface area contributed by atoms with Crippen LogP contribution in [0.4, 0.5) is 0 Å². The average molecular weight is 474 g/mol. The highest BCUT2D eigenvalue weighted by Crippen LogP contribution is 2.37. The second-order valence-corrected chi connectivity index (χ2v) is 11.3. The first-order valence-corrected chi connectivity index (χ1v) is 13.9. The molecule has 7 heteroatoms. The van der Waals surface area contributed by atoms with Crippen molar-refractivity contribution < 1.29 is 14.7 Å². The third-order valence-corrected chi connectivity index (χ3v) is 8.66. The third kappa shape index (κ3) is 6.10. The van der Waals surface area contributed by atoms with Crippen LogP contribution >= 0.6 is 11.8 Å². The van der Waals surface area contributed by atoms with E-state index in [0.29, 0.717) is 24.1 Å². The molecule has 0 spiro atoms. The monoisotopic (exact) mass is 473 g/mol. The lowest BCUT2D eigenvalue weighted by atomic mass is 9.74. The Labute approximate surface area is 202 Å². The minimum Gasteiger partial charge on any atom is -0.481 e. The molecule has 0 unspecified atom stereocenters. The molecule has 1 aromatic rings. The topological polar surface area (TPSA) is 82.5 Å². The summed E-state index contributed by atoms with van der Waals surface area (Å²) < 4.78 is 0. The molecule has 1 aliphatic heterocycles. The quantitative estimate of drug-likeness (QED) is 0.472. The number of nitrogens with one attached hydrogen (secondary N) is 1. The molecule has 0 radical (unpaired) electrons. The second kappa shape index (κ2) is 11.2. The molecule has 2 aliphatic carbocycles. The molecule has 33 heavy (non-hydrogen) atoms. The van der Waals surface area contributed by atoms with E-state index in [-0.39, 0.29) is 12.3 Å². The lowest BCUT2D eigenvalue weighted by molar-refractivity contribution is -0.138. The van der Waals surface area contributed by atoms with Gasteiger partial charge >= 0.3 is 5.97 Å². The summed E-state index contributed by atoms with van der Waals surface area (Å²) >= 11 is 1.64. The summed E-state index contributed by atoms with van der Waals surface area (Å²) in [6, 6.07) is 4.23. The lowest BCUT2D eigenvalue weighted by Gasteiger charge is -2.37. The number of carbonyl (C=O) groups excluding carboxylic acids is 1. The summed E-state index contributed by atoms with van der Waals surface area (Å²) in [6.07, 6.45) is 11.2. The van der Waals surface area contributed by atoms with E-state index in [2.05, 4.69) is 17.1 Å². The van der Waals surface area contributed by atoms with Gasteiger partial charge in [-0.05, 0) is 75.3 Å². The van der Waals surface area contributed by atoms with E-state index in [9.17, 15) is 14.7 Å². The smallest absolute Gasteiger partial charge is 0.304 e. The van der Waals surface area contributed by atoms with Crippen LogP contribution in [0.1, 0.15) is 93.6 Å². The molecule has 6 nitrogen and oxygen atoms in total. The number of pyridine rings is 1. The fraction of sp³-hybridized carbons (Fsp3) is 0.731. The Morgan fingerprint density at radius 2 is 1.97 bits per heavy atom. The van der Waals surface area contributed by atoms with Gasteiger partial charge in [0.1, 0.15) is 5.03 Å². The number of hydrogen-bond donors (Lipinski definition) is 2. The molecule has 1 atom stereocenters. The fourth-order valence-electron chi connectivity index (χ4n) is 5.45. The highest BCUT2D eigenvalue weighted by atomic mass is 32.2. The van der Waals surface area contributed by atoms with Crippen LogP contribution in [0.15, 0.2) is 17.2 Å². The Hall–Kier alpha value is -1.60. The highest BCUT2D eigenvalue weighted by molar-refractivity contribution is 7.99. The van der Waals surface area contributed by atoms with Crippen molar-refractivity contribution in [1.29, 1.82) is 0 Å². The summed E-state index contributed by atoms with van der Waals surface area (Å²) in [6.45, 7) is 4.53. The molecule has 4 rings (SSSR count). The standard InChI is InChI=1S/C26H39N3O3S/c1-2-15-33-24-21(25(32)29(17-19-9-10-19)20-7-4-3-5-8-20)11-12-22(28-24)26(16-23(30)31)13-6-14-27-18-26/h11-12,19-20,27H,2-10,13-18H2,1H3,(H,30,31)/t26-/m0/s1. The van der Waals surface area contributed by atoms with E-state index in [4.69, 9.17) is 4.98 Å². The number of aromatic nitrogens is 1. The molecular weight excluding hydrogens is 434 g/mol. The van der Waals surface area contributed by atoms with Crippen molar-refractivity contribution in [3.05, 3.63) is 23.4 Å². The fourth-order valence-corrected chi connectivity index (χ4v) is 6.32. The number of amides is 1. The number of piperidine rings is 1. The van der Waals surface area contributed by atoms with Crippen molar-refractivity contribution in [1.82, 2.24) is 15.2 Å². The SMILES string of the molecule is CCCSc1nc([C@]2(CC(=O)O)CCCNC2)ccc1C(=O)N(CC1CC1)C1CCCCC1. The Morgan fingerprint density at radius 1 is 1.18 bits per heavy atom.